The maximum atomic E-state index is 13.1. The van der Waals surface area contributed by atoms with Gasteiger partial charge in [-0.1, -0.05) is 68.4 Å². The van der Waals surface area contributed by atoms with Crippen molar-refractivity contribution in [3.8, 4) is 0 Å². The van der Waals surface area contributed by atoms with Gasteiger partial charge in [0.25, 0.3) is 5.91 Å². The standard InChI is InChI=1S/C23H25NO4/c1-14(2)16-9-11-17(12-10-16)20-19(21(26)18-7-5-4-6-8-18)22(27)23(28)24(20)13-15(3)25/h4-12,14-15,20,25,27H,13H2,1-3H3. The number of hydrogen-bond donors (Lipinski definition) is 2. The van der Waals surface area contributed by atoms with E-state index < -0.39 is 29.6 Å². The predicted molar refractivity (Wildman–Crippen MR) is 107 cm³/mol. The highest BCUT2D eigenvalue weighted by molar-refractivity contribution is 6.16. The smallest absolute Gasteiger partial charge is 0.290 e. The van der Waals surface area contributed by atoms with Gasteiger partial charge in [-0.3, -0.25) is 9.59 Å². The molecule has 5 nitrogen and oxygen atoms in total. The van der Waals surface area contributed by atoms with Crippen molar-refractivity contribution in [2.75, 3.05) is 6.54 Å². The minimum absolute atomic E-state index is 0.0189. The number of rotatable bonds is 6. The van der Waals surface area contributed by atoms with E-state index >= 15 is 0 Å². The summed E-state index contributed by atoms with van der Waals surface area (Å²) in [6, 6.07) is 15.5. The van der Waals surface area contributed by atoms with E-state index in [9.17, 15) is 19.8 Å². The second-order valence-electron chi connectivity index (χ2n) is 7.49. The Kier molecular flexibility index (Phi) is 5.66. The van der Waals surface area contributed by atoms with Crippen LogP contribution in [0.2, 0.25) is 0 Å². The molecule has 0 saturated heterocycles. The molecule has 146 valence electrons. The summed E-state index contributed by atoms with van der Waals surface area (Å²) < 4.78 is 0. The number of carbonyl (C=O) groups excluding carboxylic acids is 2. The van der Waals surface area contributed by atoms with E-state index in [-0.39, 0.29) is 12.1 Å². The summed E-state index contributed by atoms with van der Waals surface area (Å²) in [4.78, 5) is 27.2. The summed E-state index contributed by atoms with van der Waals surface area (Å²) in [7, 11) is 0. The van der Waals surface area contributed by atoms with Gasteiger partial charge in [0, 0.05) is 12.1 Å². The molecule has 2 unspecified atom stereocenters. The highest BCUT2D eigenvalue weighted by Gasteiger charge is 2.43. The van der Waals surface area contributed by atoms with E-state index in [1.807, 2.05) is 24.3 Å². The van der Waals surface area contributed by atoms with Crippen molar-refractivity contribution in [2.24, 2.45) is 0 Å². The van der Waals surface area contributed by atoms with Crippen molar-refractivity contribution in [1.29, 1.82) is 0 Å². The normalized spacial score (nSPS) is 18.1. The van der Waals surface area contributed by atoms with Crippen molar-refractivity contribution in [3.05, 3.63) is 82.6 Å². The maximum Gasteiger partial charge on any atom is 0.290 e. The van der Waals surface area contributed by atoms with Crippen LogP contribution >= 0.6 is 0 Å². The number of ketones is 1. The minimum Gasteiger partial charge on any atom is -0.503 e. The zero-order valence-electron chi connectivity index (χ0n) is 16.3. The third kappa shape index (κ3) is 3.71. The van der Waals surface area contributed by atoms with Crippen molar-refractivity contribution in [3.63, 3.8) is 0 Å². The number of benzene rings is 2. The summed E-state index contributed by atoms with van der Waals surface area (Å²) in [5.41, 5.74) is 2.31. The van der Waals surface area contributed by atoms with Crippen molar-refractivity contribution >= 4 is 11.7 Å². The third-order valence-electron chi connectivity index (χ3n) is 4.96. The first-order valence-electron chi connectivity index (χ1n) is 9.43. The van der Waals surface area contributed by atoms with Crippen LogP contribution in [-0.4, -0.2) is 39.5 Å². The first-order chi connectivity index (χ1) is 13.3. The van der Waals surface area contributed by atoms with E-state index in [1.165, 1.54) is 4.90 Å². The molecule has 0 spiro atoms. The molecule has 1 aliphatic rings. The molecule has 0 fully saturated rings. The van der Waals surface area contributed by atoms with Crippen LogP contribution in [0, 0.1) is 0 Å². The lowest BCUT2D eigenvalue weighted by Gasteiger charge is -2.28. The molecule has 1 heterocycles. The second-order valence-corrected chi connectivity index (χ2v) is 7.49. The Morgan fingerprint density at radius 1 is 1.04 bits per heavy atom. The molecule has 0 bridgehead atoms. The zero-order valence-corrected chi connectivity index (χ0v) is 16.3. The van der Waals surface area contributed by atoms with Gasteiger partial charge in [0.1, 0.15) is 0 Å². The Labute approximate surface area is 164 Å². The summed E-state index contributed by atoms with van der Waals surface area (Å²) in [6.45, 7) is 5.76. The summed E-state index contributed by atoms with van der Waals surface area (Å²) in [5.74, 6) is -1.23. The molecule has 1 amide bonds. The molecule has 2 atom stereocenters. The Bertz CT molecular complexity index is 898. The van der Waals surface area contributed by atoms with Crippen LogP contribution in [0.1, 0.15) is 54.2 Å². The molecular weight excluding hydrogens is 354 g/mol. The number of aliphatic hydroxyl groups excluding tert-OH is 2. The van der Waals surface area contributed by atoms with Gasteiger partial charge in [-0.25, -0.2) is 0 Å². The van der Waals surface area contributed by atoms with Gasteiger partial charge >= 0.3 is 0 Å². The molecule has 5 heteroatoms. The number of amides is 1. The summed E-state index contributed by atoms with van der Waals surface area (Å²) >= 11 is 0. The van der Waals surface area contributed by atoms with Crippen LogP contribution in [0.3, 0.4) is 0 Å². The summed E-state index contributed by atoms with van der Waals surface area (Å²) in [6.07, 6.45) is -0.791. The quantitative estimate of drug-likeness (QED) is 0.749. The molecule has 1 aliphatic heterocycles. The number of hydrogen-bond acceptors (Lipinski definition) is 4. The topological polar surface area (TPSA) is 77.8 Å². The zero-order chi connectivity index (χ0) is 20.4. The first-order valence-corrected chi connectivity index (χ1v) is 9.43. The van der Waals surface area contributed by atoms with Crippen molar-refractivity contribution in [2.45, 2.75) is 38.8 Å². The Balaban J connectivity index is 2.08. The molecule has 2 aromatic carbocycles. The van der Waals surface area contributed by atoms with Crippen molar-refractivity contribution < 1.29 is 19.8 Å². The molecule has 0 radical (unpaired) electrons. The number of carbonyl (C=O) groups is 2. The van der Waals surface area contributed by atoms with Crippen LogP contribution in [-0.2, 0) is 4.79 Å². The Hall–Kier alpha value is -2.92. The molecule has 0 aromatic heterocycles. The van der Waals surface area contributed by atoms with E-state index in [0.717, 1.165) is 11.1 Å². The minimum atomic E-state index is -0.791. The van der Waals surface area contributed by atoms with Gasteiger partial charge in [0.15, 0.2) is 11.5 Å². The predicted octanol–water partition coefficient (Wildman–Crippen LogP) is 3.77. The van der Waals surface area contributed by atoms with Gasteiger partial charge in [0.2, 0.25) is 0 Å². The van der Waals surface area contributed by atoms with Gasteiger partial charge in [-0.2, -0.15) is 0 Å². The van der Waals surface area contributed by atoms with E-state index in [2.05, 4.69) is 13.8 Å². The molecule has 0 aliphatic carbocycles. The number of β-amino-alcohol motifs (C(OH)–C–C–N with tert-alkyl or cyclic N) is 1. The average molecular weight is 379 g/mol. The highest BCUT2D eigenvalue weighted by atomic mass is 16.3. The van der Waals surface area contributed by atoms with Crippen LogP contribution in [0.5, 0.6) is 0 Å². The average Bonchev–Trinajstić information content (AvgIpc) is 2.92. The second kappa shape index (κ2) is 7.98. The Morgan fingerprint density at radius 2 is 1.64 bits per heavy atom. The monoisotopic (exact) mass is 379 g/mol. The lowest BCUT2D eigenvalue weighted by molar-refractivity contribution is -0.130. The van der Waals surface area contributed by atoms with Crippen LogP contribution in [0.15, 0.2) is 65.9 Å². The van der Waals surface area contributed by atoms with Crippen molar-refractivity contribution in [1.82, 2.24) is 4.90 Å². The van der Waals surface area contributed by atoms with E-state index in [1.54, 1.807) is 37.3 Å². The largest absolute Gasteiger partial charge is 0.503 e. The molecule has 2 N–H and O–H groups in total. The molecule has 0 saturated carbocycles. The van der Waals surface area contributed by atoms with Gasteiger partial charge < -0.3 is 15.1 Å². The van der Waals surface area contributed by atoms with Gasteiger partial charge in [-0.15, -0.1) is 0 Å². The molecular formula is C23H25NO4. The molecule has 2 aromatic rings. The Morgan fingerprint density at radius 3 is 2.18 bits per heavy atom. The number of Topliss-reactive ketones (excluding diaryl/α,β-unsaturated/α-hetero) is 1. The van der Waals surface area contributed by atoms with Crippen LogP contribution in [0.4, 0.5) is 0 Å². The molecule has 3 rings (SSSR count). The fraction of sp³-hybridized carbons (Fsp3) is 0.304. The lowest BCUT2D eigenvalue weighted by Crippen LogP contribution is -2.36. The number of nitrogens with zero attached hydrogens (tertiary/aromatic N) is 1. The summed E-state index contributed by atoms with van der Waals surface area (Å²) in [5, 5.41) is 20.4. The maximum absolute atomic E-state index is 13.1. The van der Waals surface area contributed by atoms with Crippen LogP contribution < -0.4 is 0 Å². The fourth-order valence-corrected chi connectivity index (χ4v) is 3.51. The third-order valence-corrected chi connectivity index (χ3v) is 4.96. The number of aliphatic hydroxyl groups is 2. The lowest BCUT2D eigenvalue weighted by atomic mass is 9.91. The molecule has 28 heavy (non-hydrogen) atoms. The van der Waals surface area contributed by atoms with E-state index in [4.69, 9.17) is 0 Å². The highest BCUT2D eigenvalue weighted by Crippen LogP contribution is 2.39. The first kappa shape index (κ1) is 19.8. The SMILES string of the molecule is CC(O)CN1C(=O)C(O)=C(C(=O)c2ccccc2)C1c1ccc(C(C)C)cc1. The van der Waals surface area contributed by atoms with Crippen LogP contribution in [0.25, 0.3) is 0 Å². The van der Waals surface area contributed by atoms with Gasteiger partial charge in [0.05, 0.1) is 17.7 Å². The fourth-order valence-electron chi connectivity index (χ4n) is 3.51. The van der Waals surface area contributed by atoms with E-state index in [0.29, 0.717) is 11.5 Å². The van der Waals surface area contributed by atoms with Gasteiger partial charge in [-0.05, 0) is 24.0 Å².